The maximum Gasteiger partial charge on any atom is 0.306 e. The Bertz CT molecular complexity index is 648. The van der Waals surface area contributed by atoms with Gasteiger partial charge in [-0.15, -0.1) is 0 Å². The number of imidazole rings is 1. The van der Waals surface area contributed by atoms with E-state index in [1.165, 1.54) is 0 Å². The van der Waals surface area contributed by atoms with Crippen molar-refractivity contribution in [1.29, 1.82) is 0 Å². The summed E-state index contributed by atoms with van der Waals surface area (Å²) in [5.74, 6) is 0.601. The van der Waals surface area contributed by atoms with E-state index in [0.717, 1.165) is 22.8 Å². The van der Waals surface area contributed by atoms with Crippen molar-refractivity contribution in [3.63, 3.8) is 0 Å². The first kappa shape index (κ1) is 12.7. The topological polar surface area (TPSA) is 64.4 Å². The minimum atomic E-state index is -0.726. The van der Waals surface area contributed by atoms with E-state index in [0.29, 0.717) is 19.4 Å². The number of hydrogen-bond acceptors (Lipinski definition) is 3. The minimum absolute atomic E-state index is 0.301. The van der Waals surface area contributed by atoms with E-state index < -0.39 is 5.97 Å². The van der Waals surface area contributed by atoms with E-state index in [1.807, 2.05) is 24.3 Å². The van der Waals surface area contributed by atoms with Crippen LogP contribution in [0.2, 0.25) is 0 Å². The molecule has 3 rings (SSSR count). The summed E-state index contributed by atoms with van der Waals surface area (Å²) in [6, 6.07) is 7.74. The molecule has 1 atom stereocenters. The number of para-hydroxylation sites is 1. The van der Waals surface area contributed by atoms with Crippen LogP contribution >= 0.6 is 0 Å². The normalized spacial score (nSPS) is 17.6. The van der Waals surface area contributed by atoms with Crippen molar-refractivity contribution in [2.75, 3.05) is 7.11 Å². The maximum absolute atomic E-state index is 11.1. The lowest BCUT2D eigenvalue weighted by Crippen LogP contribution is -2.25. The molecule has 1 aliphatic heterocycles. The van der Waals surface area contributed by atoms with Gasteiger partial charge in [-0.1, -0.05) is 12.1 Å². The number of benzene rings is 1. The van der Waals surface area contributed by atoms with Crippen molar-refractivity contribution in [1.82, 2.24) is 9.55 Å². The molecule has 0 amide bonds. The van der Waals surface area contributed by atoms with Gasteiger partial charge in [0.05, 0.1) is 18.6 Å². The number of carboxylic acids is 1. The van der Waals surface area contributed by atoms with Crippen molar-refractivity contribution in [3.8, 4) is 17.1 Å². The predicted octanol–water partition coefficient (Wildman–Crippen LogP) is 2.21. The first-order valence-electron chi connectivity index (χ1n) is 6.61. The highest BCUT2D eigenvalue weighted by atomic mass is 16.5. The van der Waals surface area contributed by atoms with E-state index >= 15 is 0 Å². The summed E-state index contributed by atoms with van der Waals surface area (Å²) in [7, 11) is 1.64. The number of rotatable bonds is 3. The van der Waals surface area contributed by atoms with Crippen molar-refractivity contribution < 1.29 is 14.6 Å². The highest BCUT2D eigenvalue weighted by Gasteiger charge is 2.27. The summed E-state index contributed by atoms with van der Waals surface area (Å²) in [6.45, 7) is 0.680. The van der Waals surface area contributed by atoms with Gasteiger partial charge in [-0.3, -0.25) is 4.79 Å². The van der Waals surface area contributed by atoms with Crippen molar-refractivity contribution >= 4 is 5.97 Å². The molecule has 0 spiro atoms. The van der Waals surface area contributed by atoms with Crippen LogP contribution in [0.5, 0.6) is 5.75 Å². The zero-order valence-corrected chi connectivity index (χ0v) is 11.2. The van der Waals surface area contributed by atoms with E-state index in [4.69, 9.17) is 9.84 Å². The molecule has 0 bridgehead atoms. The molecule has 5 nitrogen and oxygen atoms in total. The SMILES string of the molecule is COc1ccccc1-c1ncc2n1CCC(C(=O)O)C2. The van der Waals surface area contributed by atoms with E-state index in [2.05, 4.69) is 9.55 Å². The first-order chi connectivity index (χ1) is 9.70. The highest BCUT2D eigenvalue weighted by Crippen LogP contribution is 2.32. The van der Waals surface area contributed by atoms with Gasteiger partial charge in [-0.05, 0) is 18.6 Å². The van der Waals surface area contributed by atoms with Crippen LogP contribution in [0, 0.1) is 5.92 Å². The highest BCUT2D eigenvalue weighted by molar-refractivity contribution is 5.71. The van der Waals surface area contributed by atoms with Gasteiger partial charge in [-0.25, -0.2) is 4.98 Å². The van der Waals surface area contributed by atoms with Crippen LogP contribution in [0.4, 0.5) is 0 Å². The molecule has 0 fully saturated rings. The Morgan fingerprint density at radius 2 is 2.25 bits per heavy atom. The lowest BCUT2D eigenvalue weighted by Gasteiger charge is -2.22. The van der Waals surface area contributed by atoms with E-state index in [9.17, 15) is 4.79 Å². The number of methoxy groups -OCH3 is 1. The number of nitrogens with zero attached hydrogens (tertiary/aromatic N) is 2. The third-order valence-corrected chi connectivity index (χ3v) is 3.79. The van der Waals surface area contributed by atoms with Gasteiger partial charge < -0.3 is 14.4 Å². The molecule has 2 heterocycles. The summed E-state index contributed by atoms with van der Waals surface area (Å²) in [4.78, 5) is 15.6. The second-order valence-electron chi connectivity index (χ2n) is 4.95. The Morgan fingerprint density at radius 3 is 3.00 bits per heavy atom. The van der Waals surface area contributed by atoms with Crippen LogP contribution in [-0.4, -0.2) is 27.7 Å². The average Bonchev–Trinajstić information content (AvgIpc) is 2.89. The van der Waals surface area contributed by atoms with Gasteiger partial charge in [0.25, 0.3) is 0 Å². The van der Waals surface area contributed by atoms with Gasteiger partial charge in [-0.2, -0.15) is 0 Å². The quantitative estimate of drug-likeness (QED) is 0.930. The molecule has 0 saturated heterocycles. The second-order valence-corrected chi connectivity index (χ2v) is 4.95. The molecule has 20 heavy (non-hydrogen) atoms. The van der Waals surface area contributed by atoms with E-state index in [-0.39, 0.29) is 5.92 Å². The fourth-order valence-corrected chi connectivity index (χ4v) is 2.72. The molecular weight excluding hydrogens is 256 g/mol. The number of ether oxygens (including phenoxy) is 1. The monoisotopic (exact) mass is 272 g/mol. The van der Waals surface area contributed by atoms with Crippen LogP contribution in [0.15, 0.2) is 30.5 Å². The summed E-state index contributed by atoms with van der Waals surface area (Å²) in [5, 5.41) is 9.12. The molecule has 0 saturated carbocycles. The van der Waals surface area contributed by atoms with Crippen molar-refractivity contribution in [3.05, 3.63) is 36.2 Å². The lowest BCUT2D eigenvalue weighted by atomic mass is 9.96. The predicted molar refractivity (Wildman–Crippen MR) is 73.7 cm³/mol. The van der Waals surface area contributed by atoms with Gasteiger partial charge in [0.15, 0.2) is 0 Å². The van der Waals surface area contributed by atoms with E-state index in [1.54, 1.807) is 13.3 Å². The van der Waals surface area contributed by atoms with Crippen molar-refractivity contribution in [2.24, 2.45) is 5.92 Å². The molecule has 0 radical (unpaired) electrons. The van der Waals surface area contributed by atoms with Crippen LogP contribution in [0.1, 0.15) is 12.1 Å². The second kappa shape index (κ2) is 5.00. The van der Waals surface area contributed by atoms with Crippen LogP contribution in [0.25, 0.3) is 11.4 Å². The molecule has 1 N–H and O–H groups in total. The van der Waals surface area contributed by atoms with Gasteiger partial charge in [0, 0.05) is 24.9 Å². The standard InChI is InChI=1S/C15H16N2O3/c1-20-13-5-3-2-4-12(13)14-16-9-11-8-10(15(18)19)6-7-17(11)14/h2-5,9-10H,6-8H2,1H3,(H,18,19). The minimum Gasteiger partial charge on any atom is -0.496 e. The van der Waals surface area contributed by atoms with Crippen LogP contribution < -0.4 is 4.74 Å². The first-order valence-corrected chi connectivity index (χ1v) is 6.61. The molecule has 1 aromatic heterocycles. The van der Waals surface area contributed by atoms with Gasteiger partial charge >= 0.3 is 5.97 Å². The number of fused-ring (bicyclic) bond motifs is 1. The average molecular weight is 272 g/mol. The number of hydrogen-bond donors (Lipinski definition) is 1. The molecule has 1 aliphatic rings. The molecule has 104 valence electrons. The third kappa shape index (κ3) is 2.05. The molecule has 1 unspecified atom stereocenters. The molecule has 5 heteroatoms. The number of aliphatic carboxylic acids is 1. The summed E-state index contributed by atoms with van der Waals surface area (Å²) < 4.78 is 7.47. The smallest absolute Gasteiger partial charge is 0.306 e. The molecular formula is C15H16N2O3. The maximum atomic E-state index is 11.1. The number of carbonyl (C=O) groups is 1. The zero-order chi connectivity index (χ0) is 14.1. The Morgan fingerprint density at radius 1 is 1.45 bits per heavy atom. The van der Waals surface area contributed by atoms with Crippen LogP contribution in [0.3, 0.4) is 0 Å². The third-order valence-electron chi connectivity index (χ3n) is 3.79. The van der Waals surface area contributed by atoms with Gasteiger partial charge in [0.2, 0.25) is 0 Å². The Hall–Kier alpha value is -2.30. The molecule has 0 aliphatic carbocycles. The fraction of sp³-hybridized carbons (Fsp3) is 0.333. The zero-order valence-electron chi connectivity index (χ0n) is 11.2. The summed E-state index contributed by atoms with van der Waals surface area (Å²) in [6.07, 6.45) is 2.95. The lowest BCUT2D eigenvalue weighted by molar-refractivity contribution is -0.142. The number of carboxylic acid groups (broad SMARTS) is 1. The Balaban J connectivity index is 2.00. The summed E-state index contributed by atoms with van der Waals surface area (Å²) >= 11 is 0. The summed E-state index contributed by atoms with van der Waals surface area (Å²) in [5.41, 5.74) is 1.92. The van der Waals surface area contributed by atoms with Gasteiger partial charge in [0.1, 0.15) is 11.6 Å². The van der Waals surface area contributed by atoms with Crippen LogP contribution in [-0.2, 0) is 17.8 Å². The Labute approximate surface area is 116 Å². The van der Waals surface area contributed by atoms with Crippen molar-refractivity contribution in [2.45, 2.75) is 19.4 Å². The molecule has 2 aromatic rings. The number of aromatic nitrogens is 2. The fourth-order valence-electron chi connectivity index (χ4n) is 2.72. The molecule has 1 aromatic carbocycles. The Kier molecular flexibility index (Phi) is 3.18. The largest absolute Gasteiger partial charge is 0.496 e.